The van der Waals surface area contributed by atoms with Crippen molar-refractivity contribution in [2.75, 3.05) is 33.0 Å². The summed E-state index contributed by atoms with van der Waals surface area (Å²) in [5, 5.41) is 7.10. The molecule has 0 aromatic carbocycles. The fraction of sp³-hybridized carbons (Fsp3) is 0.591. The number of alkyl halides is 3. The van der Waals surface area contributed by atoms with Gasteiger partial charge in [0.1, 0.15) is 11.8 Å². The summed E-state index contributed by atoms with van der Waals surface area (Å²) in [6, 6.07) is 0.829. The molecule has 8 nitrogen and oxygen atoms in total. The number of aromatic nitrogens is 3. The Morgan fingerprint density at radius 2 is 2.03 bits per heavy atom. The number of aryl methyl sites for hydroxylation is 2. The Bertz CT molecular complexity index is 1030. The second-order valence-electron chi connectivity index (χ2n) is 8.51. The average Bonchev–Trinajstić information content (AvgIpc) is 3.46. The van der Waals surface area contributed by atoms with E-state index >= 15 is 0 Å². The van der Waals surface area contributed by atoms with Crippen LogP contribution < -0.4 is 5.32 Å². The van der Waals surface area contributed by atoms with Gasteiger partial charge in [0.25, 0.3) is 5.91 Å². The molecule has 1 N–H and O–H groups in total. The minimum Gasteiger partial charge on any atom is -0.376 e. The summed E-state index contributed by atoms with van der Waals surface area (Å²) in [5.74, 6) is -0.635. The van der Waals surface area contributed by atoms with Gasteiger partial charge >= 0.3 is 6.18 Å². The number of fused-ring (bicyclic) bond motifs is 3. The molecule has 1 amide bonds. The van der Waals surface area contributed by atoms with Crippen molar-refractivity contribution in [3.05, 3.63) is 34.8 Å². The summed E-state index contributed by atoms with van der Waals surface area (Å²) in [5.41, 5.74) is 0.0511. The fourth-order valence-electron chi connectivity index (χ4n) is 4.54. The summed E-state index contributed by atoms with van der Waals surface area (Å²) in [4.78, 5) is 16.9. The number of nitrogens with zero attached hydrogens (tertiary/aromatic N) is 3. The molecule has 178 valence electrons. The molecule has 0 saturated carbocycles. The van der Waals surface area contributed by atoms with Crippen LogP contribution in [0.15, 0.2) is 12.3 Å². The van der Waals surface area contributed by atoms with Gasteiger partial charge in [-0.25, -0.2) is 4.98 Å². The van der Waals surface area contributed by atoms with E-state index in [0.717, 1.165) is 24.5 Å². The van der Waals surface area contributed by atoms with E-state index in [1.54, 1.807) is 10.9 Å². The lowest BCUT2D eigenvalue weighted by Crippen LogP contribution is -2.33. The minimum absolute atomic E-state index is 0.0426. The summed E-state index contributed by atoms with van der Waals surface area (Å²) < 4.78 is 60.3. The second-order valence-corrected chi connectivity index (χ2v) is 8.51. The molecule has 11 heteroatoms. The molecule has 0 unspecified atom stereocenters. The Kier molecular flexibility index (Phi) is 6.11. The van der Waals surface area contributed by atoms with Gasteiger partial charge in [0.2, 0.25) is 0 Å². The predicted molar refractivity (Wildman–Crippen MR) is 110 cm³/mol. The zero-order chi connectivity index (χ0) is 23.0. The molecule has 2 fully saturated rings. The summed E-state index contributed by atoms with van der Waals surface area (Å²) in [6.07, 6.45) is -0.690. The van der Waals surface area contributed by atoms with Crippen molar-refractivity contribution in [1.29, 1.82) is 0 Å². The van der Waals surface area contributed by atoms with Crippen molar-refractivity contribution in [3.8, 4) is 11.3 Å². The van der Waals surface area contributed by atoms with E-state index in [1.165, 1.54) is 0 Å². The molecule has 2 aliphatic heterocycles. The van der Waals surface area contributed by atoms with Crippen LogP contribution in [0.2, 0.25) is 0 Å². The summed E-state index contributed by atoms with van der Waals surface area (Å²) in [6.45, 7) is 2.70. The summed E-state index contributed by atoms with van der Waals surface area (Å²) in [7, 11) is 0. The van der Waals surface area contributed by atoms with Crippen molar-refractivity contribution in [1.82, 2.24) is 20.1 Å². The van der Waals surface area contributed by atoms with Gasteiger partial charge in [0, 0.05) is 24.9 Å². The van der Waals surface area contributed by atoms with Gasteiger partial charge < -0.3 is 19.5 Å². The first kappa shape index (κ1) is 22.3. The van der Waals surface area contributed by atoms with Crippen molar-refractivity contribution >= 4 is 5.91 Å². The number of hydrogen-bond acceptors (Lipinski definition) is 6. The second kappa shape index (κ2) is 9.03. The normalized spacial score (nSPS) is 22.6. The average molecular weight is 466 g/mol. The van der Waals surface area contributed by atoms with E-state index < -0.39 is 17.6 Å². The Morgan fingerprint density at radius 1 is 1.18 bits per heavy atom. The van der Waals surface area contributed by atoms with E-state index in [2.05, 4.69) is 15.4 Å². The molecule has 2 aromatic rings. The Hall–Kier alpha value is -2.50. The Balaban J connectivity index is 1.44. The topological polar surface area (TPSA) is 87.5 Å². The maximum absolute atomic E-state index is 14.1. The van der Waals surface area contributed by atoms with Gasteiger partial charge in [-0.2, -0.15) is 18.3 Å². The molecule has 1 aliphatic carbocycles. The van der Waals surface area contributed by atoms with Crippen LogP contribution in [0.5, 0.6) is 0 Å². The van der Waals surface area contributed by atoms with Gasteiger partial charge in [-0.3, -0.25) is 9.48 Å². The third kappa shape index (κ3) is 4.75. The Labute approximate surface area is 188 Å². The molecule has 0 bridgehead atoms. The number of rotatable bonds is 5. The third-order valence-electron chi connectivity index (χ3n) is 6.13. The van der Waals surface area contributed by atoms with E-state index in [4.69, 9.17) is 14.2 Å². The number of carbonyl (C=O) groups excluding carboxylic acids is 1. The zero-order valence-electron chi connectivity index (χ0n) is 18.0. The number of amides is 1. The highest BCUT2D eigenvalue weighted by Gasteiger charge is 2.39. The Morgan fingerprint density at radius 3 is 2.76 bits per heavy atom. The standard InChI is InChI=1S/C22H25F3N4O4/c23-22(24,25)16-8-18(21(30)26-9-14-2-1-5-32-14)27-17-4-3-13-10-29(28-20(13)19(16)17)11-15-12-31-6-7-33-15/h8,10,14-15H,1-7,9,11-12H2,(H,26,30)/t14-,15+/m1/s1. The quantitative estimate of drug-likeness (QED) is 0.728. The molecule has 4 heterocycles. The first-order valence-electron chi connectivity index (χ1n) is 11.2. The molecule has 5 rings (SSSR count). The smallest absolute Gasteiger partial charge is 0.376 e. The van der Waals surface area contributed by atoms with Crippen LogP contribution in [-0.4, -0.2) is 65.9 Å². The van der Waals surface area contributed by atoms with E-state index in [0.29, 0.717) is 45.8 Å². The van der Waals surface area contributed by atoms with Gasteiger partial charge in [-0.1, -0.05) is 0 Å². The maximum Gasteiger partial charge on any atom is 0.417 e. The third-order valence-corrected chi connectivity index (χ3v) is 6.13. The number of carbonyl (C=O) groups is 1. The lowest BCUT2D eigenvalue weighted by Gasteiger charge is -2.22. The SMILES string of the molecule is O=C(NC[C@H]1CCCO1)c1cc(C(F)(F)F)c2c(n1)CCc1cn(C[C@H]3COCCO3)nc1-2. The van der Waals surface area contributed by atoms with Crippen LogP contribution in [0.25, 0.3) is 11.3 Å². The lowest BCUT2D eigenvalue weighted by atomic mass is 9.90. The van der Waals surface area contributed by atoms with Gasteiger partial charge in [0.05, 0.1) is 49.4 Å². The first-order valence-corrected chi connectivity index (χ1v) is 11.2. The van der Waals surface area contributed by atoms with Crippen LogP contribution in [0.3, 0.4) is 0 Å². The molecular formula is C22H25F3N4O4. The van der Waals surface area contributed by atoms with Crippen LogP contribution in [0.4, 0.5) is 13.2 Å². The molecule has 0 spiro atoms. The van der Waals surface area contributed by atoms with Crippen LogP contribution >= 0.6 is 0 Å². The van der Waals surface area contributed by atoms with Gasteiger partial charge in [-0.05, 0) is 37.3 Å². The highest BCUT2D eigenvalue weighted by Crippen LogP contribution is 2.42. The van der Waals surface area contributed by atoms with Crippen molar-refractivity contribution in [2.24, 2.45) is 0 Å². The molecule has 2 atom stereocenters. The van der Waals surface area contributed by atoms with Crippen LogP contribution in [0.1, 0.15) is 40.2 Å². The maximum atomic E-state index is 14.1. The first-order chi connectivity index (χ1) is 15.9. The number of hydrogen-bond donors (Lipinski definition) is 1. The number of nitrogens with one attached hydrogen (secondary N) is 1. The van der Waals surface area contributed by atoms with Gasteiger partial charge in [0.15, 0.2) is 0 Å². The van der Waals surface area contributed by atoms with Crippen molar-refractivity contribution < 1.29 is 32.2 Å². The minimum atomic E-state index is -4.66. The highest BCUT2D eigenvalue weighted by molar-refractivity contribution is 5.93. The van der Waals surface area contributed by atoms with Crippen molar-refractivity contribution in [2.45, 2.75) is 50.6 Å². The number of pyridine rings is 1. The largest absolute Gasteiger partial charge is 0.417 e. The highest BCUT2D eigenvalue weighted by atomic mass is 19.4. The van der Waals surface area contributed by atoms with E-state index in [1.807, 2.05) is 0 Å². The van der Waals surface area contributed by atoms with Crippen molar-refractivity contribution in [3.63, 3.8) is 0 Å². The van der Waals surface area contributed by atoms with E-state index in [-0.39, 0.29) is 41.4 Å². The molecular weight excluding hydrogens is 441 g/mol. The fourth-order valence-corrected chi connectivity index (χ4v) is 4.54. The molecule has 0 radical (unpaired) electrons. The molecule has 2 saturated heterocycles. The molecule has 33 heavy (non-hydrogen) atoms. The van der Waals surface area contributed by atoms with Crippen LogP contribution in [-0.2, 0) is 39.8 Å². The molecule has 2 aromatic heterocycles. The van der Waals surface area contributed by atoms with Gasteiger partial charge in [-0.15, -0.1) is 0 Å². The number of halogens is 3. The lowest BCUT2D eigenvalue weighted by molar-refractivity contribution is -0.137. The number of ether oxygens (including phenoxy) is 3. The monoisotopic (exact) mass is 466 g/mol. The summed E-state index contributed by atoms with van der Waals surface area (Å²) >= 11 is 0. The zero-order valence-corrected chi connectivity index (χ0v) is 18.0. The predicted octanol–water partition coefficient (Wildman–Crippen LogP) is 2.39. The molecule has 3 aliphatic rings. The van der Waals surface area contributed by atoms with Crippen LogP contribution in [0, 0.1) is 0 Å². The van der Waals surface area contributed by atoms with E-state index in [9.17, 15) is 18.0 Å².